The van der Waals surface area contributed by atoms with Crippen molar-refractivity contribution in [1.29, 1.82) is 0 Å². The number of carbonyl (C=O) groups excluding carboxylic acids is 1. The van der Waals surface area contributed by atoms with E-state index < -0.39 is 0 Å². The van der Waals surface area contributed by atoms with Gasteiger partial charge in [0, 0.05) is 5.69 Å². The summed E-state index contributed by atoms with van der Waals surface area (Å²) < 4.78 is 11.3. The normalized spacial score (nSPS) is 10.5. The van der Waals surface area contributed by atoms with Crippen molar-refractivity contribution in [2.75, 3.05) is 5.32 Å². The maximum atomic E-state index is 12.4. The van der Waals surface area contributed by atoms with Crippen molar-refractivity contribution in [2.24, 2.45) is 0 Å². The van der Waals surface area contributed by atoms with Gasteiger partial charge >= 0.3 is 0 Å². The summed E-state index contributed by atoms with van der Waals surface area (Å²) in [5.41, 5.74) is 3.07. The zero-order chi connectivity index (χ0) is 17.6. The van der Waals surface area contributed by atoms with Crippen molar-refractivity contribution in [2.45, 2.75) is 26.9 Å². The number of carbonyl (C=O) groups is 1. The van der Waals surface area contributed by atoms with Gasteiger partial charge in [0.1, 0.15) is 18.1 Å². The molecule has 1 N–H and O–H groups in total. The van der Waals surface area contributed by atoms with Crippen molar-refractivity contribution in [3.63, 3.8) is 0 Å². The summed E-state index contributed by atoms with van der Waals surface area (Å²) in [6, 6.07) is 19.0. The Morgan fingerprint density at radius 3 is 2.56 bits per heavy atom. The molecule has 0 saturated carbocycles. The second-order valence-electron chi connectivity index (χ2n) is 5.83. The molecule has 0 spiro atoms. The molecule has 3 aromatic rings. The zero-order valence-electron chi connectivity index (χ0n) is 14.4. The number of ether oxygens (including phenoxy) is 1. The summed E-state index contributed by atoms with van der Waals surface area (Å²) in [6.07, 6.45) is 0.851. The third-order valence-corrected chi connectivity index (χ3v) is 3.93. The molecule has 0 fully saturated rings. The highest BCUT2D eigenvalue weighted by atomic mass is 16.5. The molecule has 1 heterocycles. The van der Waals surface area contributed by atoms with Gasteiger partial charge in [-0.25, -0.2) is 0 Å². The predicted octanol–water partition coefficient (Wildman–Crippen LogP) is 4.98. The van der Waals surface area contributed by atoms with Crippen LogP contribution >= 0.6 is 0 Å². The van der Waals surface area contributed by atoms with Gasteiger partial charge < -0.3 is 14.5 Å². The van der Waals surface area contributed by atoms with Gasteiger partial charge in [-0.05, 0) is 49.2 Å². The topological polar surface area (TPSA) is 51.5 Å². The Hall–Kier alpha value is -3.01. The van der Waals surface area contributed by atoms with E-state index in [1.807, 2.05) is 55.5 Å². The van der Waals surface area contributed by atoms with Gasteiger partial charge in [0.25, 0.3) is 5.91 Å². The van der Waals surface area contributed by atoms with Gasteiger partial charge in [-0.1, -0.05) is 42.8 Å². The van der Waals surface area contributed by atoms with Crippen molar-refractivity contribution >= 4 is 11.6 Å². The number of anilines is 1. The second kappa shape index (κ2) is 7.71. The largest absolute Gasteiger partial charge is 0.486 e. The van der Waals surface area contributed by atoms with Gasteiger partial charge in [-0.3, -0.25) is 4.79 Å². The number of rotatable bonds is 6. The average Bonchev–Trinajstić information content (AvgIpc) is 3.11. The molecule has 0 unspecified atom stereocenters. The molecule has 4 nitrogen and oxygen atoms in total. The minimum atomic E-state index is -0.262. The number of benzene rings is 2. The predicted molar refractivity (Wildman–Crippen MR) is 98.0 cm³/mol. The molecule has 3 rings (SSSR count). The highest BCUT2D eigenvalue weighted by Crippen LogP contribution is 2.19. The lowest BCUT2D eigenvalue weighted by molar-refractivity contribution is 0.0992. The first-order valence-electron chi connectivity index (χ1n) is 8.33. The van der Waals surface area contributed by atoms with E-state index in [0.717, 1.165) is 23.4 Å². The van der Waals surface area contributed by atoms with Crippen molar-refractivity contribution in [1.82, 2.24) is 0 Å². The minimum absolute atomic E-state index is 0.262. The third-order valence-electron chi connectivity index (χ3n) is 3.93. The maximum Gasteiger partial charge on any atom is 0.291 e. The number of furan rings is 1. The van der Waals surface area contributed by atoms with Crippen LogP contribution < -0.4 is 10.1 Å². The van der Waals surface area contributed by atoms with E-state index >= 15 is 0 Å². The quantitative estimate of drug-likeness (QED) is 0.691. The Bertz CT molecular complexity index is 850. The lowest BCUT2D eigenvalue weighted by Crippen LogP contribution is -2.12. The van der Waals surface area contributed by atoms with Crippen LogP contribution in [0.15, 0.2) is 65.1 Å². The molecule has 0 saturated heterocycles. The van der Waals surface area contributed by atoms with Gasteiger partial charge in [0.15, 0.2) is 5.76 Å². The second-order valence-corrected chi connectivity index (χ2v) is 5.83. The van der Waals surface area contributed by atoms with Crippen LogP contribution in [-0.4, -0.2) is 5.91 Å². The van der Waals surface area contributed by atoms with E-state index in [2.05, 4.69) is 12.2 Å². The molecule has 4 heteroatoms. The number of aryl methyl sites for hydroxylation is 2. The SMILES string of the molecule is CCc1ccccc1NC(=O)c1ccc(COc2ccc(C)cc2)o1. The fourth-order valence-corrected chi connectivity index (χ4v) is 2.50. The first-order valence-corrected chi connectivity index (χ1v) is 8.33. The first kappa shape index (κ1) is 16.8. The molecular weight excluding hydrogens is 314 g/mol. The Labute approximate surface area is 147 Å². The fraction of sp³-hybridized carbons (Fsp3) is 0.190. The molecular formula is C21H21NO3. The monoisotopic (exact) mass is 335 g/mol. The molecule has 1 amide bonds. The first-order chi connectivity index (χ1) is 12.2. The van der Waals surface area contributed by atoms with Crippen LogP contribution in [0.2, 0.25) is 0 Å². The van der Waals surface area contributed by atoms with E-state index in [-0.39, 0.29) is 18.3 Å². The van der Waals surface area contributed by atoms with Crippen LogP contribution in [0.25, 0.3) is 0 Å². The van der Waals surface area contributed by atoms with E-state index in [0.29, 0.717) is 5.76 Å². The molecule has 0 radical (unpaired) electrons. The molecule has 0 aliphatic heterocycles. The Kier molecular flexibility index (Phi) is 5.19. The van der Waals surface area contributed by atoms with Crippen molar-refractivity contribution < 1.29 is 13.9 Å². The summed E-state index contributed by atoms with van der Waals surface area (Å²) in [5.74, 6) is 1.38. The number of amides is 1. The standard InChI is InChI=1S/C21H21NO3/c1-3-16-6-4-5-7-19(16)22-21(23)20-13-12-18(25-20)14-24-17-10-8-15(2)9-11-17/h4-13H,3,14H2,1-2H3,(H,22,23). The van der Waals surface area contributed by atoms with Crippen LogP contribution in [0.4, 0.5) is 5.69 Å². The van der Waals surface area contributed by atoms with E-state index in [1.165, 1.54) is 5.56 Å². The lowest BCUT2D eigenvalue weighted by Gasteiger charge is -2.08. The van der Waals surface area contributed by atoms with E-state index in [9.17, 15) is 4.79 Å². The molecule has 128 valence electrons. The van der Waals surface area contributed by atoms with E-state index in [4.69, 9.17) is 9.15 Å². The molecule has 2 aromatic carbocycles. The number of hydrogen-bond donors (Lipinski definition) is 1. The van der Waals surface area contributed by atoms with Gasteiger partial charge in [0.2, 0.25) is 0 Å². The Balaban J connectivity index is 1.62. The van der Waals surface area contributed by atoms with Crippen molar-refractivity contribution in [3.8, 4) is 5.75 Å². The fourth-order valence-electron chi connectivity index (χ4n) is 2.50. The lowest BCUT2D eigenvalue weighted by atomic mass is 10.1. The van der Waals surface area contributed by atoms with Gasteiger partial charge in [0.05, 0.1) is 0 Å². The maximum absolute atomic E-state index is 12.4. The van der Waals surface area contributed by atoms with Crippen LogP contribution in [-0.2, 0) is 13.0 Å². The van der Waals surface area contributed by atoms with Crippen molar-refractivity contribution in [3.05, 3.63) is 83.3 Å². The van der Waals surface area contributed by atoms with Gasteiger partial charge in [-0.15, -0.1) is 0 Å². The number of hydrogen-bond acceptors (Lipinski definition) is 3. The molecule has 25 heavy (non-hydrogen) atoms. The summed E-state index contributed by atoms with van der Waals surface area (Å²) >= 11 is 0. The van der Waals surface area contributed by atoms with Crippen LogP contribution in [0.3, 0.4) is 0 Å². The highest BCUT2D eigenvalue weighted by molar-refractivity contribution is 6.02. The Morgan fingerprint density at radius 2 is 1.80 bits per heavy atom. The third kappa shape index (κ3) is 4.29. The number of nitrogens with one attached hydrogen (secondary N) is 1. The smallest absolute Gasteiger partial charge is 0.291 e. The minimum Gasteiger partial charge on any atom is -0.486 e. The average molecular weight is 335 g/mol. The summed E-state index contributed by atoms with van der Waals surface area (Å²) in [7, 11) is 0. The number of para-hydroxylation sites is 1. The molecule has 0 aliphatic carbocycles. The molecule has 0 atom stereocenters. The van der Waals surface area contributed by atoms with Crippen LogP contribution in [0, 0.1) is 6.92 Å². The molecule has 0 aliphatic rings. The van der Waals surface area contributed by atoms with Gasteiger partial charge in [-0.2, -0.15) is 0 Å². The molecule has 1 aromatic heterocycles. The van der Waals surface area contributed by atoms with Crippen LogP contribution in [0.1, 0.15) is 34.4 Å². The van der Waals surface area contributed by atoms with Crippen LogP contribution in [0.5, 0.6) is 5.75 Å². The van der Waals surface area contributed by atoms with E-state index in [1.54, 1.807) is 12.1 Å². The highest BCUT2D eigenvalue weighted by Gasteiger charge is 2.13. The summed E-state index contributed by atoms with van der Waals surface area (Å²) in [4.78, 5) is 12.4. The molecule has 0 bridgehead atoms. The summed E-state index contributed by atoms with van der Waals surface area (Å²) in [5, 5.41) is 2.90. The summed E-state index contributed by atoms with van der Waals surface area (Å²) in [6.45, 7) is 4.36. The zero-order valence-corrected chi connectivity index (χ0v) is 14.4. The Morgan fingerprint density at radius 1 is 1.04 bits per heavy atom.